The first-order valence-electron chi connectivity index (χ1n) is 10.3. The zero-order valence-electron chi connectivity index (χ0n) is 17.6. The number of hydrogen-bond acceptors (Lipinski definition) is 6. The van der Waals surface area contributed by atoms with Gasteiger partial charge < -0.3 is 19.6 Å². The molecule has 0 saturated heterocycles. The number of quaternary nitrogens is 1. The summed E-state index contributed by atoms with van der Waals surface area (Å²) < 4.78 is 26.5. The Bertz CT molecular complexity index is 1140. The van der Waals surface area contributed by atoms with Crippen LogP contribution in [0.4, 0.5) is 11.4 Å². The van der Waals surface area contributed by atoms with Crippen LogP contribution < -0.4 is 19.6 Å². The molecule has 0 heterocycles. The van der Waals surface area contributed by atoms with Crippen LogP contribution >= 0.6 is 7.60 Å². The predicted molar refractivity (Wildman–Crippen MR) is 127 cm³/mol. The molecule has 0 aliphatic carbocycles. The zero-order valence-corrected chi connectivity index (χ0v) is 18.5. The lowest BCUT2D eigenvalue weighted by atomic mass is 10.2. The van der Waals surface area contributed by atoms with Gasteiger partial charge in [-0.3, -0.25) is 0 Å². The van der Waals surface area contributed by atoms with Crippen LogP contribution in [0.2, 0.25) is 0 Å². The second-order valence-corrected chi connectivity index (χ2v) is 9.15. The van der Waals surface area contributed by atoms with Crippen LogP contribution in [0, 0.1) is 5.21 Å². The maximum atomic E-state index is 14.4. The van der Waals surface area contributed by atoms with Crippen LogP contribution in [0.1, 0.15) is 11.3 Å². The predicted octanol–water partition coefficient (Wildman–Crippen LogP) is 5.55. The van der Waals surface area contributed by atoms with Gasteiger partial charge in [0.05, 0.1) is 0 Å². The van der Waals surface area contributed by atoms with Crippen LogP contribution in [0.15, 0.2) is 115 Å². The van der Waals surface area contributed by atoms with Crippen LogP contribution in [-0.4, -0.2) is 5.21 Å². The smallest absolute Gasteiger partial charge is 0.457 e. The molecular weight excluding hydrogens is 439 g/mol. The zero-order chi connectivity index (χ0) is 23.1. The third kappa shape index (κ3) is 5.80. The van der Waals surface area contributed by atoms with Gasteiger partial charge in [-0.15, -0.1) is 0 Å². The number of rotatable bonds is 9. The van der Waals surface area contributed by atoms with Gasteiger partial charge in [-0.2, -0.15) is 5.23 Å². The molecule has 33 heavy (non-hydrogen) atoms. The highest BCUT2D eigenvalue weighted by Gasteiger charge is 2.41. The van der Waals surface area contributed by atoms with E-state index in [0.29, 0.717) is 22.7 Å². The molecule has 8 heteroatoms. The molecule has 4 aromatic rings. The van der Waals surface area contributed by atoms with E-state index in [4.69, 9.17) is 9.05 Å². The van der Waals surface area contributed by atoms with Crippen molar-refractivity contribution in [1.82, 2.24) is 0 Å². The lowest BCUT2D eigenvalue weighted by Crippen LogP contribution is -2.99. The van der Waals surface area contributed by atoms with E-state index < -0.39 is 18.6 Å². The van der Waals surface area contributed by atoms with Gasteiger partial charge in [0, 0.05) is 17.8 Å². The van der Waals surface area contributed by atoms with E-state index in [-0.39, 0.29) is 5.69 Å². The number of hydrogen-bond donors (Lipinski definition) is 3. The van der Waals surface area contributed by atoms with Gasteiger partial charge >= 0.3 is 7.60 Å². The van der Waals surface area contributed by atoms with Gasteiger partial charge in [-0.1, -0.05) is 66.7 Å². The summed E-state index contributed by atoms with van der Waals surface area (Å²) in [5.74, 6) is -0.0729. The van der Waals surface area contributed by atoms with Crippen LogP contribution in [-0.2, 0) is 4.57 Å². The Labute approximate surface area is 191 Å². The van der Waals surface area contributed by atoms with E-state index in [2.05, 4.69) is 5.32 Å². The monoisotopic (exact) mass is 462 g/mol. The fourth-order valence-electron chi connectivity index (χ4n) is 3.23. The van der Waals surface area contributed by atoms with Gasteiger partial charge in [0.25, 0.3) is 0 Å². The Kier molecular flexibility index (Phi) is 7.07. The molecule has 0 aromatic heterocycles. The average Bonchev–Trinajstić information content (AvgIpc) is 2.84. The van der Waals surface area contributed by atoms with Crippen molar-refractivity contribution < 1.29 is 24.0 Å². The summed E-state index contributed by atoms with van der Waals surface area (Å²) in [6.45, 7) is 0. The third-order valence-electron chi connectivity index (χ3n) is 4.82. The Morgan fingerprint density at radius 1 is 0.727 bits per heavy atom. The van der Waals surface area contributed by atoms with Crippen molar-refractivity contribution in [3.63, 3.8) is 0 Å². The Morgan fingerprint density at radius 3 is 1.64 bits per heavy atom. The first-order chi connectivity index (χ1) is 16.0. The Morgan fingerprint density at radius 2 is 1.18 bits per heavy atom. The molecule has 0 radical (unpaired) electrons. The van der Waals surface area contributed by atoms with E-state index in [9.17, 15) is 15.0 Å². The molecule has 0 aliphatic heterocycles. The van der Waals surface area contributed by atoms with E-state index in [1.807, 2.05) is 42.5 Å². The first-order valence-corrected chi connectivity index (χ1v) is 11.9. The van der Waals surface area contributed by atoms with Gasteiger partial charge in [0.15, 0.2) is 11.5 Å². The van der Waals surface area contributed by atoms with E-state index >= 15 is 0 Å². The van der Waals surface area contributed by atoms with Gasteiger partial charge in [0.1, 0.15) is 11.5 Å². The minimum atomic E-state index is -3.92. The quantitative estimate of drug-likeness (QED) is 0.223. The van der Waals surface area contributed by atoms with Crippen LogP contribution in [0.25, 0.3) is 0 Å². The molecule has 2 unspecified atom stereocenters. The molecule has 0 fully saturated rings. The molecule has 0 saturated carbocycles. The van der Waals surface area contributed by atoms with Gasteiger partial charge in [0.2, 0.25) is 0 Å². The number of anilines is 1. The van der Waals surface area contributed by atoms with Crippen molar-refractivity contribution in [3.8, 4) is 11.5 Å². The molecule has 7 nitrogen and oxygen atoms in total. The number of benzene rings is 4. The minimum absolute atomic E-state index is 0.154. The molecule has 2 atom stereocenters. The topological polar surface area (TPSA) is 95.3 Å². The first kappa shape index (κ1) is 22.6. The van der Waals surface area contributed by atoms with Crippen molar-refractivity contribution >= 4 is 19.0 Å². The summed E-state index contributed by atoms with van der Waals surface area (Å²) >= 11 is 0. The highest BCUT2D eigenvalue weighted by atomic mass is 31.2. The Balaban J connectivity index is 1.75. The van der Waals surface area contributed by atoms with Gasteiger partial charge in [-0.25, -0.2) is 9.77 Å². The average molecular weight is 462 g/mol. The van der Waals surface area contributed by atoms with Gasteiger partial charge in [-0.05, 0) is 42.0 Å². The van der Waals surface area contributed by atoms with Crippen molar-refractivity contribution in [2.24, 2.45) is 0 Å². The summed E-state index contributed by atoms with van der Waals surface area (Å²) in [6, 6.07) is 33.1. The Hall–Kier alpha value is -3.61. The van der Waals surface area contributed by atoms with Crippen molar-refractivity contribution in [2.45, 2.75) is 5.78 Å². The summed E-state index contributed by atoms with van der Waals surface area (Å²) in [7, 11) is -3.92. The van der Waals surface area contributed by atoms with Crippen molar-refractivity contribution in [1.29, 1.82) is 0 Å². The second kappa shape index (κ2) is 10.3. The molecule has 168 valence electrons. The number of nitrogens with one attached hydrogen (secondary N) is 2. The summed E-state index contributed by atoms with van der Waals surface area (Å²) in [4.78, 5) is 0. The van der Waals surface area contributed by atoms with E-state index in [0.717, 1.165) is 0 Å². The SMILES string of the molecule is O=P(Oc1ccccc1)(Oc1ccccc1)C(Nc1ccc([NH+]([O-])O)cc1)c1ccccc1. The van der Waals surface area contributed by atoms with Crippen LogP contribution in [0.3, 0.4) is 0 Å². The molecule has 0 spiro atoms. The normalized spacial score (nSPS) is 13.0. The van der Waals surface area contributed by atoms with E-state index in [1.54, 1.807) is 60.7 Å². The molecular formula is C25H23N2O5P. The summed E-state index contributed by atoms with van der Waals surface area (Å²) in [6.07, 6.45) is 0. The summed E-state index contributed by atoms with van der Waals surface area (Å²) in [5, 5.41) is 22.6. The molecule has 0 amide bonds. The second-order valence-electron chi connectivity index (χ2n) is 7.19. The molecule has 3 N–H and O–H groups in total. The molecule has 0 aliphatic rings. The highest BCUT2D eigenvalue weighted by Crippen LogP contribution is 2.60. The molecule has 4 rings (SSSR count). The maximum absolute atomic E-state index is 14.4. The maximum Gasteiger partial charge on any atom is 0.457 e. The largest absolute Gasteiger partial charge is 0.595 e. The number of para-hydroxylation sites is 2. The van der Waals surface area contributed by atoms with Crippen molar-refractivity contribution in [3.05, 3.63) is 126 Å². The minimum Gasteiger partial charge on any atom is -0.595 e. The van der Waals surface area contributed by atoms with E-state index in [1.165, 1.54) is 12.1 Å². The fourth-order valence-corrected chi connectivity index (χ4v) is 5.15. The highest BCUT2D eigenvalue weighted by molar-refractivity contribution is 7.55. The summed E-state index contributed by atoms with van der Waals surface area (Å²) in [5.41, 5.74) is 1.42. The molecule has 0 bridgehead atoms. The van der Waals surface area contributed by atoms with Crippen LogP contribution in [0.5, 0.6) is 11.5 Å². The lowest BCUT2D eigenvalue weighted by molar-refractivity contribution is -0.991. The lowest BCUT2D eigenvalue weighted by Gasteiger charge is -2.29. The molecule has 4 aromatic carbocycles. The fraction of sp³-hybridized carbons (Fsp3) is 0.0400. The third-order valence-corrected chi connectivity index (χ3v) is 6.81. The van der Waals surface area contributed by atoms with Crippen molar-refractivity contribution in [2.75, 3.05) is 5.32 Å². The standard InChI is InChI=1S/C25H23N2O5P/c28-27(29)22-18-16-21(17-19-22)26-25(20-10-4-1-5-11-20)33(30,31-23-12-6-2-7-13-23)32-24-14-8-3-9-15-24/h1-19,25-28H.